The maximum absolute atomic E-state index is 10.0. The van der Waals surface area contributed by atoms with Crippen molar-refractivity contribution < 1.29 is 5.11 Å². The van der Waals surface area contributed by atoms with Crippen LogP contribution in [0.25, 0.3) is 0 Å². The number of phenolic OH excluding ortho intramolecular Hbond substituents is 1. The number of aromatic hydroxyl groups is 1. The Balaban J connectivity index is 1.98. The zero-order valence-electron chi connectivity index (χ0n) is 12.6. The largest absolute Gasteiger partial charge is 0.508 e. The molecule has 0 aromatic heterocycles. The summed E-state index contributed by atoms with van der Waals surface area (Å²) in [6, 6.07) is 5.49. The van der Waals surface area contributed by atoms with Crippen molar-refractivity contribution in [1.82, 2.24) is 9.80 Å². The second-order valence-electron chi connectivity index (χ2n) is 6.11. The molecule has 20 heavy (non-hydrogen) atoms. The summed E-state index contributed by atoms with van der Waals surface area (Å²) < 4.78 is 0. The maximum Gasteiger partial charge on any atom is 0.120 e. The standard InChI is InChI=1S/C16H25ClN2O/c1-12(2)11-18-6-8-19(9-7-18)13(3)15-10-14(17)4-5-16(15)20/h4-5,10,12-13,20H,6-9,11H2,1-3H3. The molecule has 0 aliphatic carbocycles. The smallest absolute Gasteiger partial charge is 0.120 e. The molecule has 0 saturated carbocycles. The fraction of sp³-hybridized carbons (Fsp3) is 0.625. The minimum atomic E-state index is 0.204. The Labute approximate surface area is 127 Å². The summed E-state index contributed by atoms with van der Waals surface area (Å²) in [6.07, 6.45) is 0. The van der Waals surface area contributed by atoms with Gasteiger partial charge in [-0.1, -0.05) is 25.4 Å². The van der Waals surface area contributed by atoms with Gasteiger partial charge in [0.15, 0.2) is 0 Å². The van der Waals surface area contributed by atoms with Crippen LogP contribution in [0, 0.1) is 5.92 Å². The molecule has 112 valence electrons. The molecule has 1 aromatic rings. The van der Waals surface area contributed by atoms with Crippen LogP contribution >= 0.6 is 11.6 Å². The summed E-state index contributed by atoms with van der Waals surface area (Å²) in [5, 5.41) is 10.7. The van der Waals surface area contributed by atoms with E-state index in [-0.39, 0.29) is 6.04 Å². The van der Waals surface area contributed by atoms with Gasteiger partial charge in [0.1, 0.15) is 5.75 Å². The zero-order chi connectivity index (χ0) is 14.7. The van der Waals surface area contributed by atoms with Crippen LogP contribution in [0.2, 0.25) is 5.02 Å². The molecule has 1 atom stereocenters. The molecular weight excluding hydrogens is 272 g/mol. The molecule has 1 fully saturated rings. The van der Waals surface area contributed by atoms with Crippen LogP contribution < -0.4 is 0 Å². The van der Waals surface area contributed by atoms with E-state index in [0.717, 1.165) is 37.7 Å². The van der Waals surface area contributed by atoms with Gasteiger partial charge in [-0.25, -0.2) is 0 Å². The van der Waals surface area contributed by atoms with E-state index in [9.17, 15) is 5.11 Å². The highest BCUT2D eigenvalue weighted by Crippen LogP contribution is 2.31. The number of benzene rings is 1. The third-order valence-electron chi connectivity index (χ3n) is 4.02. The van der Waals surface area contributed by atoms with Crippen molar-refractivity contribution in [2.75, 3.05) is 32.7 Å². The van der Waals surface area contributed by atoms with E-state index < -0.39 is 0 Å². The Hall–Kier alpha value is -0.770. The topological polar surface area (TPSA) is 26.7 Å². The summed E-state index contributed by atoms with van der Waals surface area (Å²) in [5.41, 5.74) is 0.926. The third kappa shape index (κ3) is 3.87. The number of rotatable bonds is 4. The summed E-state index contributed by atoms with van der Waals surface area (Å²) in [7, 11) is 0. The number of halogens is 1. The molecule has 0 spiro atoms. The van der Waals surface area contributed by atoms with Crippen molar-refractivity contribution in [2.24, 2.45) is 5.92 Å². The summed E-state index contributed by atoms with van der Waals surface area (Å²) in [4.78, 5) is 4.94. The van der Waals surface area contributed by atoms with E-state index in [1.54, 1.807) is 12.1 Å². The first kappa shape index (κ1) is 15.6. The molecule has 1 N–H and O–H groups in total. The van der Waals surface area contributed by atoms with Gasteiger partial charge in [-0.05, 0) is 31.0 Å². The highest BCUT2D eigenvalue weighted by atomic mass is 35.5. The van der Waals surface area contributed by atoms with E-state index in [1.807, 2.05) is 6.07 Å². The number of hydrogen-bond donors (Lipinski definition) is 1. The van der Waals surface area contributed by atoms with Crippen molar-refractivity contribution in [3.8, 4) is 5.75 Å². The molecule has 1 aliphatic rings. The van der Waals surface area contributed by atoms with E-state index in [2.05, 4.69) is 30.6 Å². The lowest BCUT2D eigenvalue weighted by atomic mass is 10.0. The van der Waals surface area contributed by atoms with Crippen LogP contribution in [0.1, 0.15) is 32.4 Å². The van der Waals surface area contributed by atoms with Gasteiger partial charge in [0.25, 0.3) is 0 Å². The summed E-state index contributed by atoms with van der Waals surface area (Å²) in [5.74, 6) is 1.06. The van der Waals surface area contributed by atoms with Gasteiger partial charge in [-0.3, -0.25) is 4.90 Å². The first-order chi connectivity index (χ1) is 9.47. The van der Waals surface area contributed by atoms with Crippen LogP contribution in [0.4, 0.5) is 0 Å². The van der Waals surface area contributed by atoms with Crippen LogP contribution in [0.15, 0.2) is 18.2 Å². The van der Waals surface area contributed by atoms with E-state index in [4.69, 9.17) is 11.6 Å². The molecule has 3 nitrogen and oxygen atoms in total. The fourth-order valence-electron chi connectivity index (χ4n) is 2.91. The molecular formula is C16H25ClN2O. The van der Waals surface area contributed by atoms with Gasteiger partial charge in [-0.15, -0.1) is 0 Å². The van der Waals surface area contributed by atoms with Crippen molar-refractivity contribution >= 4 is 11.6 Å². The minimum absolute atomic E-state index is 0.204. The highest BCUT2D eigenvalue weighted by molar-refractivity contribution is 6.30. The average molecular weight is 297 g/mol. The van der Waals surface area contributed by atoms with Crippen molar-refractivity contribution in [1.29, 1.82) is 0 Å². The molecule has 4 heteroatoms. The Morgan fingerprint density at radius 1 is 1.15 bits per heavy atom. The van der Waals surface area contributed by atoms with Crippen LogP contribution in [-0.4, -0.2) is 47.6 Å². The predicted octanol–water partition coefficient (Wildman–Crippen LogP) is 3.38. The second kappa shape index (κ2) is 6.79. The molecule has 0 bridgehead atoms. The van der Waals surface area contributed by atoms with Gasteiger partial charge in [-0.2, -0.15) is 0 Å². The Kier molecular flexibility index (Phi) is 5.30. The van der Waals surface area contributed by atoms with Crippen molar-refractivity contribution in [3.63, 3.8) is 0 Å². The highest BCUT2D eigenvalue weighted by Gasteiger charge is 2.23. The van der Waals surface area contributed by atoms with E-state index in [0.29, 0.717) is 10.8 Å². The van der Waals surface area contributed by atoms with E-state index in [1.165, 1.54) is 6.54 Å². The second-order valence-corrected chi connectivity index (χ2v) is 6.55. The van der Waals surface area contributed by atoms with Gasteiger partial charge in [0.05, 0.1) is 0 Å². The summed E-state index contributed by atoms with van der Waals surface area (Å²) >= 11 is 6.04. The lowest BCUT2D eigenvalue weighted by molar-refractivity contribution is 0.0939. The van der Waals surface area contributed by atoms with Crippen LogP contribution in [0.5, 0.6) is 5.75 Å². The molecule has 1 unspecified atom stereocenters. The Morgan fingerprint density at radius 3 is 2.40 bits per heavy atom. The van der Waals surface area contributed by atoms with Gasteiger partial charge < -0.3 is 10.0 Å². The quantitative estimate of drug-likeness (QED) is 0.923. The first-order valence-corrected chi connectivity index (χ1v) is 7.80. The fourth-order valence-corrected chi connectivity index (χ4v) is 3.09. The normalized spacial score (nSPS) is 19.4. The lowest BCUT2D eigenvalue weighted by Gasteiger charge is -2.39. The number of hydrogen-bond acceptors (Lipinski definition) is 3. The molecule has 2 rings (SSSR count). The predicted molar refractivity (Wildman–Crippen MR) is 84.4 cm³/mol. The third-order valence-corrected chi connectivity index (χ3v) is 4.25. The monoisotopic (exact) mass is 296 g/mol. The first-order valence-electron chi connectivity index (χ1n) is 7.42. The molecule has 1 aromatic carbocycles. The Bertz CT molecular complexity index is 442. The molecule has 1 heterocycles. The molecule has 0 radical (unpaired) electrons. The molecule has 0 amide bonds. The number of nitrogens with zero attached hydrogens (tertiary/aromatic N) is 2. The summed E-state index contributed by atoms with van der Waals surface area (Å²) in [6.45, 7) is 12.1. The average Bonchev–Trinajstić information content (AvgIpc) is 2.41. The van der Waals surface area contributed by atoms with Crippen molar-refractivity contribution in [2.45, 2.75) is 26.8 Å². The van der Waals surface area contributed by atoms with Crippen molar-refractivity contribution in [3.05, 3.63) is 28.8 Å². The maximum atomic E-state index is 10.0. The van der Waals surface area contributed by atoms with Crippen LogP contribution in [0.3, 0.4) is 0 Å². The van der Waals surface area contributed by atoms with Gasteiger partial charge >= 0.3 is 0 Å². The molecule has 1 saturated heterocycles. The number of piperazine rings is 1. The Morgan fingerprint density at radius 2 is 1.80 bits per heavy atom. The van der Waals surface area contributed by atoms with E-state index >= 15 is 0 Å². The van der Waals surface area contributed by atoms with Gasteiger partial charge in [0, 0.05) is 49.4 Å². The van der Waals surface area contributed by atoms with Crippen LogP contribution in [-0.2, 0) is 0 Å². The SMILES string of the molecule is CC(C)CN1CCN(C(C)c2cc(Cl)ccc2O)CC1. The minimum Gasteiger partial charge on any atom is -0.508 e. The zero-order valence-corrected chi connectivity index (χ0v) is 13.4. The lowest BCUT2D eigenvalue weighted by Crippen LogP contribution is -2.48. The number of phenols is 1. The molecule has 1 aliphatic heterocycles. The van der Waals surface area contributed by atoms with Gasteiger partial charge in [0.2, 0.25) is 0 Å².